The molecule has 29 heavy (non-hydrogen) atoms. The smallest absolute Gasteiger partial charge is 0.271 e. The lowest BCUT2D eigenvalue weighted by molar-refractivity contribution is -0.385. The van der Waals surface area contributed by atoms with Crippen LogP contribution < -0.4 is 9.04 Å². The first-order valence-corrected chi connectivity index (χ1v) is 9.63. The van der Waals surface area contributed by atoms with Crippen molar-refractivity contribution in [1.29, 1.82) is 0 Å². The number of nitrogens with zero attached hydrogens (tertiary/aromatic N) is 3. The molecule has 0 radical (unpaired) electrons. The van der Waals surface area contributed by atoms with Gasteiger partial charge in [-0.1, -0.05) is 6.07 Å². The molecular formula is C16H14ClN3O8S. The number of sulfonamides is 1. The third-order valence-corrected chi connectivity index (χ3v) is 6.07. The van der Waals surface area contributed by atoms with E-state index in [9.17, 15) is 33.4 Å². The summed E-state index contributed by atoms with van der Waals surface area (Å²) in [5.74, 6) is -0.0885. The van der Waals surface area contributed by atoms with Crippen molar-refractivity contribution in [2.75, 3.05) is 11.4 Å². The summed E-state index contributed by atoms with van der Waals surface area (Å²) in [5.41, 5.74) is -1.29. The molecule has 154 valence electrons. The van der Waals surface area contributed by atoms with Crippen molar-refractivity contribution in [3.63, 3.8) is 0 Å². The van der Waals surface area contributed by atoms with Crippen LogP contribution in [0.1, 0.15) is 6.92 Å². The van der Waals surface area contributed by atoms with Gasteiger partial charge in [-0.25, -0.2) is 8.42 Å². The number of ether oxygens (including phenoxy) is 1. The third kappa shape index (κ3) is 4.43. The number of rotatable bonds is 8. The third-order valence-electron chi connectivity index (χ3n) is 3.88. The Morgan fingerprint density at radius 2 is 1.69 bits per heavy atom. The maximum absolute atomic E-state index is 13.3. The summed E-state index contributed by atoms with van der Waals surface area (Å²) in [6.07, 6.45) is 0. The number of methoxy groups -OCH3 is 1. The number of carbonyl (C=O) groups is 1. The van der Waals surface area contributed by atoms with Crippen LogP contribution in [-0.2, 0) is 14.8 Å². The molecule has 0 N–H and O–H groups in total. The van der Waals surface area contributed by atoms with Gasteiger partial charge in [0.25, 0.3) is 21.4 Å². The van der Waals surface area contributed by atoms with Crippen LogP contribution in [0.5, 0.6) is 5.75 Å². The van der Waals surface area contributed by atoms with Crippen molar-refractivity contribution in [2.24, 2.45) is 0 Å². The molecule has 13 heteroatoms. The first-order chi connectivity index (χ1) is 13.5. The molecule has 0 aliphatic heterocycles. The number of non-ortho nitro benzene ring substituents is 2. The molecule has 11 nitrogen and oxygen atoms in total. The fourth-order valence-corrected chi connectivity index (χ4v) is 4.29. The Morgan fingerprint density at radius 1 is 1.10 bits per heavy atom. The molecule has 0 amide bonds. The van der Waals surface area contributed by atoms with Gasteiger partial charge in [-0.15, -0.1) is 0 Å². The van der Waals surface area contributed by atoms with Gasteiger partial charge >= 0.3 is 0 Å². The molecule has 0 aliphatic carbocycles. The molecule has 1 atom stereocenters. The highest BCUT2D eigenvalue weighted by atomic mass is 35.5. The molecule has 0 saturated carbocycles. The Balaban J connectivity index is 2.80. The maximum atomic E-state index is 13.3. The molecule has 0 bridgehead atoms. The minimum Gasteiger partial charge on any atom is -0.495 e. The first-order valence-electron chi connectivity index (χ1n) is 7.81. The Bertz CT molecular complexity index is 1090. The number of anilines is 1. The number of hydrogen-bond donors (Lipinski definition) is 0. The second-order valence-electron chi connectivity index (χ2n) is 5.65. The standard InChI is InChI=1S/C16H14ClN3O8S/c1-10(16(17)21)18(14-9-12(20(24)25)6-7-15(14)28-2)29(26,27)13-5-3-4-11(8-13)19(22)23/h3-10H,1-2H3. The highest BCUT2D eigenvalue weighted by Gasteiger charge is 2.36. The Hall–Kier alpha value is -3.25. The molecule has 2 aromatic rings. The summed E-state index contributed by atoms with van der Waals surface area (Å²) in [7, 11) is -3.40. The fourth-order valence-electron chi connectivity index (χ4n) is 2.47. The average molecular weight is 444 g/mol. The topological polar surface area (TPSA) is 150 Å². The van der Waals surface area contributed by atoms with E-state index in [4.69, 9.17) is 16.3 Å². The number of nitro groups is 2. The Kier molecular flexibility index (Phi) is 6.39. The van der Waals surface area contributed by atoms with E-state index in [1.54, 1.807) is 0 Å². The van der Waals surface area contributed by atoms with Crippen LogP contribution in [0.2, 0.25) is 0 Å². The van der Waals surface area contributed by atoms with Gasteiger partial charge in [-0.05, 0) is 30.7 Å². The summed E-state index contributed by atoms with van der Waals surface area (Å²) in [4.78, 5) is 31.9. The molecule has 2 aromatic carbocycles. The van der Waals surface area contributed by atoms with E-state index in [2.05, 4.69) is 0 Å². The lowest BCUT2D eigenvalue weighted by Gasteiger charge is -2.29. The van der Waals surface area contributed by atoms with Crippen molar-refractivity contribution in [2.45, 2.75) is 17.9 Å². The molecule has 0 spiro atoms. The lowest BCUT2D eigenvalue weighted by Crippen LogP contribution is -2.42. The average Bonchev–Trinajstić information content (AvgIpc) is 2.67. The predicted octanol–water partition coefficient (Wildman–Crippen LogP) is 2.86. The van der Waals surface area contributed by atoms with Crippen LogP contribution in [-0.4, -0.2) is 36.7 Å². The van der Waals surface area contributed by atoms with Crippen molar-refractivity contribution >= 4 is 43.9 Å². The second kappa shape index (κ2) is 8.41. The number of benzene rings is 2. The van der Waals surface area contributed by atoms with Gasteiger partial charge in [-0.2, -0.15) is 0 Å². The predicted molar refractivity (Wildman–Crippen MR) is 103 cm³/mol. The van der Waals surface area contributed by atoms with E-state index in [1.165, 1.54) is 14.0 Å². The van der Waals surface area contributed by atoms with Crippen LogP contribution in [0, 0.1) is 20.2 Å². The van der Waals surface area contributed by atoms with E-state index in [0.29, 0.717) is 4.31 Å². The minimum absolute atomic E-state index is 0.0885. The van der Waals surface area contributed by atoms with Gasteiger partial charge in [0.05, 0.1) is 21.9 Å². The zero-order chi connectivity index (χ0) is 21.9. The number of carbonyl (C=O) groups excluding carboxylic acids is 1. The summed E-state index contributed by atoms with van der Waals surface area (Å²) < 4.78 is 32.2. The molecule has 0 fully saturated rings. The van der Waals surface area contributed by atoms with Crippen molar-refractivity contribution in [1.82, 2.24) is 0 Å². The number of hydrogen-bond acceptors (Lipinski definition) is 8. The number of halogens is 1. The first kappa shape index (κ1) is 22.0. The lowest BCUT2D eigenvalue weighted by atomic mass is 10.2. The quantitative estimate of drug-likeness (QED) is 0.343. The molecule has 1 unspecified atom stereocenters. The van der Waals surface area contributed by atoms with E-state index in [1.807, 2.05) is 0 Å². The zero-order valence-corrected chi connectivity index (χ0v) is 16.6. The van der Waals surface area contributed by atoms with E-state index >= 15 is 0 Å². The molecule has 2 rings (SSSR count). The molecule has 0 heterocycles. The molecule has 0 saturated heterocycles. The fraction of sp³-hybridized carbons (Fsp3) is 0.188. The van der Waals surface area contributed by atoms with Crippen LogP contribution in [0.3, 0.4) is 0 Å². The van der Waals surface area contributed by atoms with E-state index in [0.717, 1.165) is 42.5 Å². The summed E-state index contributed by atoms with van der Waals surface area (Å²) in [5, 5.41) is 21.1. The van der Waals surface area contributed by atoms with Crippen LogP contribution in [0.15, 0.2) is 47.4 Å². The van der Waals surface area contributed by atoms with Gasteiger partial charge in [0, 0.05) is 24.3 Å². The van der Waals surface area contributed by atoms with Gasteiger partial charge in [0.2, 0.25) is 5.24 Å². The van der Waals surface area contributed by atoms with Crippen LogP contribution in [0.4, 0.5) is 17.1 Å². The largest absolute Gasteiger partial charge is 0.495 e. The Labute approximate surface area is 169 Å². The molecule has 0 aliphatic rings. The monoisotopic (exact) mass is 443 g/mol. The van der Waals surface area contributed by atoms with Gasteiger partial charge < -0.3 is 4.74 Å². The highest BCUT2D eigenvalue weighted by Crippen LogP contribution is 2.37. The van der Waals surface area contributed by atoms with Gasteiger partial charge in [-0.3, -0.25) is 29.3 Å². The van der Waals surface area contributed by atoms with Crippen molar-refractivity contribution in [3.05, 3.63) is 62.7 Å². The highest BCUT2D eigenvalue weighted by molar-refractivity contribution is 7.93. The maximum Gasteiger partial charge on any atom is 0.271 e. The van der Waals surface area contributed by atoms with Gasteiger partial charge in [0.1, 0.15) is 17.5 Å². The minimum atomic E-state index is -4.61. The normalized spacial score (nSPS) is 12.1. The van der Waals surface area contributed by atoms with Crippen LogP contribution in [0.25, 0.3) is 0 Å². The zero-order valence-electron chi connectivity index (χ0n) is 15.0. The summed E-state index contributed by atoms with van der Waals surface area (Å²) >= 11 is 5.52. The number of nitro benzene ring substituents is 2. The summed E-state index contributed by atoms with van der Waals surface area (Å²) in [6, 6.07) is 5.79. The SMILES string of the molecule is COc1ccc([N+](=O)[O-])cc1N(C(C)C(=O)Cl)S(=O)(=O)c1cccc([N+](=O)[O-])c1. The van der Waals surface area contributed by atoms with Crippen molar-refractivity contribution < 1.29 is 27.8 Å². The van der Waals surface area contributed by atoms with Crippen LogP contribution >= 0.6 is 11.6 Å². The molecule has 0 aromatic heterocycles. The summed E-state index contributed by atoms with van der Waals surface area (Å²) in [6.45, 7) is 1.17. The Morgan fingerprint density at radius 3 is 2.21 bits per heavy atom. The van der Waals surface area contributed by atoms with E-state index < -0.39 is 47.4 Å². The van der Waals surface area contributed by atoms with Gasteiger partial charge in [0.15, 0.2) is 0 Å². The molecular weight excluding hydrogens is 430 g/mol. The second-order valence-corrected chi connectivity index (χ2v) is 7.84. The van der Waals surface area contributed by atoms with E-state index in [-0.39, 0.29) is 11.4 Å². The van der Waals surface area contributed by atoms with Crippen molar-refractivity contribution in [3.8, 4) is 5.75 Å².